The summed E-state index contributed by atoms with van der Waals surface area (Å²) in [6, 6.07) is 5.43. The summed E-state index contributed by atoms with van der Waals surface area (Å²) in [5.74, 6) is 0.484. The van der Waals surface area contributed by atoms with E-state index in [1.54, 1.807) is 12.1 Å². The van der Waals surface area contributed by atoms with Crippen molar-refractivity contribution in [3.05, 3.63) is 38.3 Å². The molecule has 5 heteroatoms. The summed E-state index contributed by atoms with van der Waals surface area (Å²) >= 11 is 3.41. The largest absolute Gasteiger partial charge is 0.317 e. The average molecular weight is 315 g/mol. The van der Waals surface area contributed by atoms with Crippen LogP contribution in [-0.4, -0.2) is 18.0 Å². The monoisotopic (exact) mass is 314 g/mol. The van der Waals surface area contributed by atoms with Crippen LogP contribution in [0.5, 0.6) is 0 Å². The topological polar surface area (TPSA) is 55.2 Å². The van der Waals surface area contributed by atoms with Gasteiger partial charge in [0, 0.05) is 22.6 Å². The van der Waals surface area contributed by atoms with E-state index in [-0.39, 0.29) is 10.6 Å². The van der Waals surface area contributed by atoms with Gasteiger partial charge in [-0.15, -0.1) is 0 Å². The quantitative estimate of drug-likeness (QED) is 0.645. The second kappa shape index (κ2) is 6.85. The molecule has 0 amide bonds. The molecule has 0 aliphatic heterocycles. The molecule has 0 aromatic heterocycles. The van der Waals surface area contributed by atoms with Gasteiger partial charge < -0.3 is 5.32 Å². The molecule has 0 saturated carbocycles. The van der Waals surface area contributed by atoms with Gasteiger partial charge in [0.05, 0.1) is 4.92 Å². The van der Waals surface area contributed by atoms with Gasteiger partial charge in [-0.3, -0.25) is 10.1 Å². The summed E-state index contributed by atoms with van der Waals surface area (Å²) in [6.07, 6.45) is 1.97. The van der Waals surface area contributed by atoms with E-state index >= 15 is 0 Å². The Labute approximate surface area is 116 Å². The molecule has 0 fully saturated rings. The van der Waals surface area contributed by atoms with Gasteiger partial charge in [-0.05, 0) is 31.4 Å². The first-order valence-corrected chi connectivity index (χ1v) is 6.89. The molecule has 1 N–H and O–H groups in total. The summed E-state index contributed by atoms with van der Waals surface area (Å²) in [6.45, 7) is 4.35. The Balaban J connectivity index is 2.82. The molecule has 2 atom stereocenters. The normalized spacial score (nSPS) is 14.2. The van der Waals surface area contributed by atoms with Crippen molar-refractivity contribution in [1.29, 1.82) is 0 Å². The molecular formula is C13H19BrN2O2. The zero-order chi connectivity index (χ0) is 13.7. The first-order chi connectivity index (χ1) is 8.49. The molecule has 0 saturated heterocycles. The molecule has 4 nitrogen and oxygen atoms in total. The standard InChI is InChI=1S/C13H19BrN2O2/c1-4-13(15-3)9(2)7-10-5-6-11(16(17)18)8-12(10)14/h5-6,8-9,13,15H,4,7H2,1-3H3. The van der Waals surface area contributed by atoms with Crippen molar-refractivity contribution in [2.75, 3.05) is 7.05 Å². The van der Waals surface area contributed by atoms with Gasteiger partial charge in [0.2, 0.25) is 0 Å². The lowest BCUT2D eigenvalue weighted by Crippen LogP contribution is -2.32. The average Bonchev–Trinajstić information content (AvgIpc) is 2.33. The van der Waals surface area contributed by atoms with Crippen LogP contribution >= 0.6 is 15.9 Å². The molecule has 0 heterocycles. The minimum Gasteiger partial charge on any atom is -0.317 e. The molecule has 1 aromatic carbocycles. The van der Waals surface area contributed by atoms with Crippen molar-refractivity contribution in [3.8, 4) is 0 Å². The maximum atomic E-state index is 10.7. The molecule has 1 rings (SSSR count). The van der Waals surface area contributed by atoms with Crippen molar-refractivity contribution in [1.82, 2.24) is 5.32 Å². The summed E-state index contributed by atoms with van der Waals surface area (Å²) in [5.41, 5.74) is 1.24. The number of halogens is 1. The predicted molar refractivity (Wildman–Crippen MR) is 76.8 cm³/mol. The van der Waals surface area contributed by atoms with Gasteiger partial charge in [0.15, 0.2) is 0 Å². The Morgan fingerprint density at radius 1 is 1.50 bits per heavy atom. The van der Waals surface area contributed by atoms with Crippen LogP contribution in [0.1, 0.15) is 25.8 Å². The Morgan fingerprint density at radius 3 is 2.61 bits per heavy atom. The number of non-ortho nitro benzene ring substituents is 1. The molecule has 0 radical (unpaired) electrons. The van der Waals surface area contributed by atoms with E-state index in [9.17, 15) is 10.1 Å². The Kier molecular flexibility index (Phi) is 5.75. The van der Waals surface area contributed by atoms with Crippen molar-refractivity contribution >= 4 is 21.6 Å². The van der Waals surface area contributed by atoms with Gasteiger partial charge in [0.25, 0.3) is 5.69 Å². The van der Waals surface area contributed by atoms with E-state index in [2.05, 4.69) is 35.1 Å². The number of nitrogens with zero attached hydrogens (tertiary/aromatic N) is 1. The third kappa shape index (κ3) is 3.78. The highest BCUT2D eigenvalue weighted by Gasteiger charge is 2.16. The Hall–Kier alpha value is -0.940. The highest BCUT2D eigenvalue weighted by atomic mass is 79.9. The molecule has 0 aliphatic rings. The van der Waals surface area contributed by atoms with Crippen LogP contribution in [0.4, 0.5) is 5.69 Å². The number of benzene rings is 1. The smallest absolute Gasteiger partial charge is 0.270 e. The second-order valence-corrected chi connectivity index (χ2v) is 5.37. The number of hydrogen-bond acceptors (Lipinski definition) is 3. The molecule has 18 heavy (non-hydrogen) atoms. The second-order valence-electron chi connectivity index (χ2n) is 4.52. The molecule has 0 bridgehead atoms. The van der Waals surface area contributed by atoms with E-state index in [1.807, 2.05) is 13.1 Å². The van der Waals surface area contributed by atoms with Gasteiger partial charge >= 0.3 is 0 Å². The molecule has 0 aliphatic carbocycles. The van der Waals surface area contributed by atoms with Crippen molar-refractivity contribution < 1.29 is 4.92 Å². The molecular weight excluding hydrogens is 296 g/mol. The van der Waals surface area contributed by atoms with Crippen LogP contribution in [0.15, 0.2) is 22.7 Å². The summed E-state index contributed by atoms with van der Waals surface area (Å²) < 4.78 is 0.814. The predicted octanol–water partition coefficient (Wildman–Crippen LogP) is 3.53. The minimum absolute atomic E-state index is 0.124. The third-order valence-corrected chi connectivity index (χ3v) is 4.03. The van der Waals surface area contributed by atoms with E-state index in [0.29, 0.717) is 12.0 Å². The first kappa shape index (κ1) is 15.1. The fourth-order valence-electron chi connectivity index (χ4n) is 2.20. The summed E-state index contributed by atoms with van der Waals surface area (Å²) in [5, 5.41) is 14.0. The maximum Gasteiger partial charge on any atom is 0.270 e. The summed E-state index contributed by atoms with van der Waals surface area (Å²) in [7, 11) is 1.97. The fourth-order valence-corrected chi connectivity index (χ4v) is 2.72. The lowest BCUT2D eigenvalue weighted by molar-refractivity contribution is -0.384. The number of nitrogens with one attached hydrogen (secondary N) is 1. The highest BCUT2D eigenvalue weighted by Crippen LogP contribution is 2.26. The van der Waals surface area contributed by atoms with Crippen LogP contribution in [0.25, 0.3) is 0 Å². The maximum absolute atomic E-state index is 10.7. The van der Waals surface area contributed by atoms with Gasteiger partial charge in [-0.25, -0.2) is 0 Å². The lowest BCUT2D eigenvalue weighted by atomic mass is 9.92. The van der Waals surface area contributed by atoms with Crippen LogP contribution in [0.3, 0.4) is 0 Å². The van der Waals surface area contributed by atoms with E-state index in [4.69, 9.17) is 0 Å². The van der Waals surface area contributed by atoms with Crippen LogP contribution in [0.2, 0.25) is 0 Å². The number of nitro groups is 1. The Morgan fingerprint density at radius 2 is 2.17 bits per heavy atom. The zero-order valence-electron chi connectivity index (χ0n) is 10.9. The minimum atomic E-state index is -0.375. The van der Waals surface area contributed by atoms with Gasteiger partial charge in [-0.1, -0.05) is 35.8 Å². The Bertz CT molecular complexity index is 419. The van der Waals surface area contributed by atoms with E-state index < -0.39 is 0 Å². The molecule has 1 aromatic rings. The van der Waals surface area contributed by atoms with Crippen LogP contribution < -0.4 is 5.32 Å². The van der Waals surface area contributed by atoms with Crippen molar-refractivity contribution in [2.24, 2.45) is 5.92 Å². The third-order valence-electron chi connectivity index (χ3n) is 3.29. The van der Waals surface area contributed by atoms with E-state index in [0.717, 1.165) is 22.9 Å². The van der Waals surface area contributed by atoms with Gasteiger partial charge in [0.1, 0.15) is 0 Å². The van der Waals surface area contributed by atoms with Crippen molar-refractivity contribution in [2.45, 2.75) is 32.7 Å². The van der Waals surface area contributed by atoms with Crippen LogP contribution in [0, 0.1) is 16.0 Å². The summed E-state index contributed by atoms with van der Waals surface area (Å²) in [4.78, 5) is 10.3. The van der Waals surface area contributed by atoms with Gasteiger partial charge in [-0.2, -0.15) is 0 Å². The van der Waals surface area contributed by atoms with Crippen LogP contribution in [-0.2, 0) is 6.42 Å². The zero-order valence-corrected chi connectivity index (χ0v) is 12.5. The molecule has 2 unspecified atom stereocenters. The number of rotatable bonds is 6. The van der Waals surface area contributed by atoms with E-state index in [1.165, 1.54) is 0 Å². The lowest BCUT2D eigenvalue weighted by Gasteiger charge is -2.22. The number of nitro benzene ring substituents is 1. The first-order valence-electron chi connectivity index (χ1n) is 6.09. The fraction of sp³-hybridized carbons (Fsp3) is 0.538. The van der Waals surface area contributed by atoms with Crippen molar-refractivity contribution in [3.63, 3.8) is 0 Å². The molecule has 100 valence electrons. The number of hydrogen-bond donors (Lipinski definition) is 1. The SMILES string of the molecule is CCC(NC)C(C)Cc1ccc([N+](=O)[O-])cc1Br. The molecule has 0 spiro atoms. The highest BCUT2D eigenvalue weighted by molar-refractivity contribution is 9.10.